The molecule has 0 bridgehead atoms. The molecule has 1 aromatic rings. The Morgan fingerprint density at radius 1 is 0.810 bits per heavy atom. The minimum atomic E-state index is -5.17. The van der Waals surface area contributed by atoms with E-state index in [0.717, 1.165) is 11.9 Å². The van der Waals surface area contributed by atoms with Gasteiger partial charge in [0.1, 0.15) is 0 Å². The van der Waals surface area contributed by atoms with Gasteiger partial charge in [0.2, 0.25) is 0 Å². The average Bonchev–Trinajstić information content (AvgIpc) is 2.35. The molecule has 0 saturated carbocycles. The van der Waals surface area contributed by atoms with E-state index < -0.39 is 35.4 Å². The summed E-state index contributed by atoms with van der Waals surface area (Å²) in [5.74, 6) is 1.60. The van der Waals surface area contributed by atoms with Crippen molar-refractivity contribution >= 4 is 11.9 Å². The molecule has 1 rings (SSSR count). The van der Waals surface area contributed by atoms with Crippen molar-refractivity contribution in [1.29, 1.82) is 10.5 Å². The van der Waals surface area contributed by atoms with E-state index >= 15 is 0 Å². The first kappa shape index (κ1) is 20.6. The Bertz CT molecular complexity index is 566. The molecule has 0 heterocycles. The number of rotatable bonds is 1. The molecule has 0 aliphatic heterocycles. The van der Waals surface area contributed by atoms with Crippen LogP contribution in [0.15, 0.2) is 18.2 Å². The third-order valence-electron chi connectivity index (χ3n) is 2.43. The molecule has 0 saturated heterocycles. The molecular formula is C10H3BF7N2Rb. The maximum Gasteiger partial charge on any atom is 1.00 e. The molecule has 0 aliphatic rings. The van der Waals surface area contributed by atoms with Gasteiger partial charge >= 0.3 is 77.0 Å². The Balaban J connectivity index is 0.00000400. The third-order valence-corrected chi connectivity index (χ3v) is 2.43. The van der Waals surface area contributed by atoms with Gasteiger partial charge in [0.15, 0.2) is 0 Å². The van der Waals surface area contributed by atoms with Gasteiger partial charge in [-0.25, -0.2) is 10.5 Å². The molecule has 21 heavy (non-hydrogen) atoms. The van der Waals surface area contributed by atoms with Gasteiger partial charge in [-0.1, -0.05) is 24.1 Å². The summed E-state index contributed by atoms with van der Waals surface area (Å²) in [6, 6.07) is -0.155. The zero-order valence-corrected chi connectivity index (χ0v) is 15.3. The molecule has 0 unspecified atom stereocenters. The normalized spacial score (nSPS) is 12.0. The standard InChI is InChI=1S/C10H3BF7N2.Rb/c12-9(13,14)6-1-7(10(15,16)17)3-8(2-6)11(18,4-19)5-20;/h1-3H;/q-1;+1. The fraction of sp³-hybridized carbons (Fsp3) is 0.200. The topological polar surface area (TPSA) is 47.6 Å². The summed E-state index contributed by atoms with van der Waals surface area (Å²) in [6.45, 7) is 0. The first-order chi connectivity index (χ1) is 8.94. The van der Waals surface area contributed by atoms with Gasteiger partial charge in [-0.3, -0.25) is 0 Å². The second-order valence-electron chi connectivity index (χ2n) is 3.86. The Morgan fingerprint density at radius 2 is 1.14 bits per heavy atom. The third kappa shape index (κ3) is 4.78. The molecule has 11 heteroatoms. The van der Waals surface area contributed by atoms with Crippen LogP contribution in [0.3, 0.4) is 0 Å². The number of alkyl halides is 6. The van der Waals surface area contributed by atoms with Crippen LogP contribution in [0.2, 0.25) is 0 Å². The average molecular weight is 380 g/mol. The number of benzene rings is 1. The van der Waals surface area contributed by atoms with E-state index in [4.69, 9.17) is 10.5 Å². The molecule has 0 radical (unpaired) electrons. The minimum absolute atomic E-state index is 0. The smallest absolute Gasteiger partial charge is 0.476 e. The molecule has 2 nitrogen and oxygen atoms in total. The van der Waals surface area contributed by atoms with Gasteiger partial charge in [0.05, 0.1) is 11.1 Å². The van der Waals surface area contributed by atoms with Crippen molar-refractivity contribution in [3.63, 3.8) is 0 Å². The van der Waals surface area contributed by atoms with Crippen molar-refractivity contribution in [2.45, 2.75) is 12.4 Å². The number of nitrogens with zero attached hydrogens (tertiary/aromatic N) is 2. The van der Waals surface area contributed by atoms with Gasteiger partial charge in [-0.15, -0.1) is 5.46 Å². The number of hydrogen-bond donors (Lipinski definition) is 0. The first-order valence-electron chi connectivity index (χ1n) is 4.90. The minimum Gasteiger partial charge on any atom is -0.476 e. The summed E-state index contributed by atoms with van der Waals surface area (Å²) < 4.78 is 88.6. The van der Waals surface area contributed by atoms with Crippen LogP contribution in [0.5, 0.6) is 0 Å². The zero-order valence-electron chi connectivity index (χ0n) is 10.3. The van der Waals surface area contributed by atoms with Crippen LogP contribution in [-0.4, -0.2) is 6.42 Å². The molecular weight excluding hydrogens is 377 g/mol. The Hall–Kier alpha value is -0.420. The van der Waals surface area contributed by atoms with Gasteiger partial charge in [0.25, 0.3) is 0 Å². The maximum atomic E-state index is 13.7. The zero-order chi connectivity index (χ0) is 15.8. The second-order valence-corrected chi connectivity index (χ2v) is 3.86. The van der Waals surface area contributed by atoms with E-state index in [1.807, 2.05) is 0 Å². The Labute approximate surface area is 163 Å². The Morgan fingerprint density at radius 3 is 1.38 bits per heavy atom. The molecule has 0 atom stereocenters. The summed E-state index contributed by atoms with van der Waals surface area (Å²) in [6.07, 6.45) is -14.6. The molecule has 0 N–H and O–H groups in total. The quantitative estimate of drug-likeness (QED) is 0.508. The van der Waals surface area contributed by atoms with Crippen LogP contribution in [-0.2, 0) is 12.4 Å². The molecule has 1 aromatic carbocycles. The van der Waals surface area contributed by atoms with Crippen molar-refractivity contribution in [3.8, 4) is 11.9 Å². The second kappa shape index (κ2) is 6.78. The fourth-order valence-corrected chi connectivity index (χ4v) is 1.39. The van der Waals surface area contributed by atoms with Crippen LogP contribution in [0.25, 0.3) is 0 Å². The Kier molecular flexibility index (Phi) is 6.64. The van der Waals surface area contributed by atoms with Crippen LogP contribution in [0.1, 0.15) is 11.1 Å². The van der Waals surface area contributed by atoms with E-state index in [0.29, 0.717) is 0 Å². The summed E-state index contributed by atoms with van der Waals surface area (Å²) in [5, 5.41) is 16.9. The van der Waals surface area contributed by atoms with E-state index in [1.54, 1.807) is 0 Å². The van der Waals surface area contributed by atoms with Crippen LogP contribution >= 0.6 is 0 Å². The van der Waals surface area contributed by atoms with Crippen LogP contribution < -0.4 is 63.7 Å². The molecule has 0 aliphatic carbocycles. The summed E-state index contributed by atoms with van der Waals surface area (Å²) >= 11 is 0. The largest absolute Gasteiger partial charge is 1.00 e. The van der Waals surface area contributed by atoms with Gasteiger partial charge < -0.3 is 4.32 Å². The summed E-state index contributed by atoms with van der Waals surface area (Å²) in [7, 11) is 0. The maximum absolute atomic E-state index is 13.7. The fourth-order valence-electron chi connectivity index (χ4n) is 1.39. The molecule has 0 amide bonds. The summed E-state index contributed by atoms with van der Waals surface area (Å²) in [4.78, 5) is 0. The molecule has 106 valence electrons. The van der Waals surface area contributed by atoms with Crippen molar-refractivity contribution in [2.75, 3.05) is 0 Å². The summed E-state index contributed by atoms with van der Waals surface area (Å²) in [5.41, 5.74) is -4.81. The predicted molar refractivity (Wildman–Crippen MR) is 54.2 cm³/mol. The molecule has 0 aromatic heterocycles. The monoisotopic (exact) mass is 380 g/mol. The van der Waals surface area contributed by atoms with Crippen LogP contribution in [0, 0.1) is 22.5 Å². The van der Waals surface area contributed by atoms with Crippen molar-refractivity contribution < 1.29 is 88.8 Å². The van der Waals surface area contributed by atoms with Gasteiger partial charge in [-0.05, 0) is 6.07 Å². The number of halogens is 7. The number of hydrogen-bond acceptors (Lipinski definition) is 2. The van der Waals surface area contributed by atoms with Gasteiger partial charge in [0, 0.05) is 0 Å². The predicted octanol–water partition coefficient (Wildman–Crippen LogP) is -0.0242. The van der Waals surface area contributed by atoms with Crippen molar-refractivity contribution in [2.24, 2.45) is 0 Å². The van der Waals surface area contributed by atoms with Crippen molar-refractivity contribution in [3.05, 3.63) is 29.3 Å². The van der Waals surface area contributed by atoms with E-state index in [2.05, 4.69) is 0 Å². The number of nitriles is 2. The van der Waals surface area contributed by atoms with Crippen molar-refractivity contribution in [1.82, 2.24) is 0 Å². The van der Waals surface area contributed by atoms with E-state index in [1.165, 1.54) is 0 Å². The first-order valence-corrected chi connectivity index (χ1v) is 4.90. The molecule has 0 fully saturated rings. The SMILES string of the molecule is N#C[B-](F)(C#N)c1cc(C(F)(F)F)cc(C(F)(F)F)c1.[Rb+]. The van der Waals surface area contributed by atoms with E-state index in [9.17, 15) is 30.7 Å². The van der Waals surface area contributed by atoms with E-state index in [-0.39, 0.29) is 76.4 Å². The van der Waals surface area contributed by atoms with Gasteiger partial charge in [-0.2, -0.15) is 26.3 Å². The molecule has 0 spiro atoms. The van der Waals surface area contributed by atoms with Crippen LogP contribution in [0.4, 0.5) is 30.7 Å².